The van der Waals surface area contributed by atoms with Gasteiger partial charge < -0.3 is 9.80 Å². The summed E-state index contributed by atoms with van der Waals surface area (Å²) in [6, 6.07) is 21.7. The molecule has 1 aliphatic rings. The Morgan fingerprint density at radius 2 is 1.68 bits per heavy atom. The van der Waals surface area contributed by atoms with Gasteiger partial charge in [0.05, 0.1) is 27.0 Å². The number of nitro groups is 1. The maximum Gasteiger partial charge on any atom is 0.272 e. The zero-order valence-electron chi connectivity index (χ0n) is 20.6. The zero-order valence-corrected chi connectivity index (χ0v) is 21.4. The molecule has 0 unspecified atom stereocenters. The zero-order chi connectivity index (χ0) is 26.1. The molecule has 0 aliphatic carbocycles. The third-order valence-electron chi connectivity index (χ3n) is 6.78. The first-order valence-electron chi connectivity index (χ1n) is 12.0. The second kappa shape index (κ2) is 10.1. The Hall–Kier alpha value is -4.17. The van der Waals surface area contributed by atoms with Gasteiger partial charge in [-0.05, 0) is 55.3 Å². The van der Waals surface area contributed by atoms with Crippen LogP contribution in [0.2, 0.25) is 5.02 Å². The maximum atomic E-state index is 13.8. The number of halogens is 1. The monoisotopic (exact) mass is 515 g/mol. The number of aryl methyl sites for hydroxylation is 2. The predicted molar refractivity (Wildman–Crippen MR) is 145 cm³/mol. The highest BCUT2D eigenvalue weighted by atomic mass is 35.5. The van der Waals surface area contributed by atoms with E-state index in [0.29, 0.717) is 48.3 Å². The smallest absolute Gasteiger partial charge is 0.272 e. The molecule has 37 heavy (non-hydrogen) atoms. The quantitative estimate of drug-likeness (QED) is 0.252. The van der Waals surface area contributed by atoms with E-state index in [1.165, 1.54) is 16.8 Å². The van der Waals surface area contributed by atoms with Gasteiger partial charge in [0.25, 0.3) is 11.6 Å². The molecule has 8 nitrogen and oxygen atoms in total. The lowest BCUT2D eigenvalue weighted by atomic mass is 10.0. The SMILES string of the molecule is Cc1ccc(-c2cc(C(=O)N3CCN(c4ccccc4Cl)CC3)n(-c3cccc([N+](=O)[O-])c3)n2)cc1C. The van der Waals surface area contributed by atoms with Crippen LogP contribution in [0.15, 0.2) is 72.8 Å². The van der Waals surface area contributed by atoms with E-state index in [9.17, 15) is 14.9 Å². The van der Waals surface area contributed by atoms with Crippen LogP contribution in [0, 0.1) is 24.0 Å². The lowest BCUT2D eigenvalue weighted by Crippen LogP contribution is -2.49. The largest absolute Gasteiger partial charge is 0.367 e. The molecule has 0 bridgehead atoms. The number of rotatable bonds is 5. The summed E-state index contributed by atoms with van der Waals surface area (Å²) in [5, 5.41) is 16.8. The molecule has 0 spiro atoms. The summed E-state index contributed by atoms with van der Waals surface area (Å²) in [6.07, 6.45) is 0. The molecule has 188 valence electrons. The average Bonchev–Trinajstić information content (AvgIpc) is 3.36. The molecular weight excluding hydrogens is 490 g/mol. The molecule has 5 rings (SSSR count). The number of hydrogen-bond donors (Lipinski definition) is 0. The van der Waals surface area contributed by atoms with Gasteiger partial charge in [0, 0.05) is 43.9 Å². The summed E-state index contributed by atoms with van der Waals surface area (Å²) < 4.78 is 1.51. The molecule has 1 aromatic heterocycles. The van der Waals surface area contributed by atoms with Crippen LogP contribution in [0.25, 0.3) is 16.9 Å². The van der Waals surface area contributed by atoms with Crippen molar-refractivity contribution in [3.63, 3.8) is 0 Å². The van der Waals surface area contributed by atoms with Gasteiger partial charge >= 0.3 is 0 Å². The van der Waals surface area contributed by atoms with Gasteiger partial charge in [0.15, 0.2) is 0 Å². The van der Waals surface area contributed by atoms with E-state index in [2.05, 4.69) is 4.90 Å². The van der Waals surface area contributed by atoms with E-state index in [1.54, 1.807) is 23.1 Å². The molecule has 3 aromatic carbocycles. The fraction of sp³-hybridized carbons (Fsp3) is 0.214. The van der Waals surface area contributed by atoms with Crippen LogP contribution in [0.5, 0.6) is 0 Å². The van der Waals surface area contributed by atoms with E-state index < -0.39 is 4.92 Å². The Bertz CT molecular complexity index is 1490. The van der Waals surface area contributed by atoms with Crippen LogP contribution >= 0.6 is 11.6 Å². The molecule has 1 saturated heterocycles. The first kappa shape index (κ1) is 24.5. The number of amides is 1. The van der Waals surface area contributed by atoms with Gasteiger partial charge in [-0.2, -0.15) is 5.10 Å². The minimum Gasteiger partial charge on any atom is -0.367 e. The normalized spacial score (nSPS) is 13.6. The fourth-order valence-electron chi connectivity index (χ4n) is 4.53. The molecule has 0 N–H and O–H groups in total. The van der Waals surface area contributed by atoms with Crippen LogP contribution in [-0.4, -0.2) is 51.7 Å². The van der Waals surface area contributed by atoms with Crippen LogP contribution < -0.4 is 4.90 Å². The number of carbonyl (C=O) groups excluding carboxylic acids is 1. The van der Waals surface area contributed by atoms with Crippen molar-refractivity contribution in [3.05, 3.63) is 105 Å². The van der Waals surface area contributed by atoms with Gasteiger partial charge in [-0.3, -0.25) is 14.9 Å². The van der Waals surface area contributed by atoms with Crippen molar-refractivity contribution in [2.24, 2.45) is 0 Å². The number of hydrogen-bond acceptors (Lipinski definition) is 5. The first-order valence-corrected chi connectivity index (χ1v) is 12.4. The fourth-order valence-corrected chi connectivity index (χ4v) is 4.79. The Morgan fingerprint density at radius 1 is 0.919 bits per heavy atom. The first-order chi connectivity index (χ1) is 17.8. The molecule has 2 heterocycles. The number of non-ortho nitro benzene ring substituents is 1. The van der Waals surface area contributed by atoms with E-state index in [4.69, 9.17) is 16.7 Å². The Morgan fingerprint density at radius 3 is 2.38 bits per heavy atom. The van der Waals surface area contributed by atoms with Crippen molar-refractivity contribution in [1.82, 2.24) is 14.7 Å². The van der Waals surface area contributed by atoms with Crippen molar-refractivity contribution >= 4 is 28.9 Å². The van der Waals surface area contributed by atoms with Gasteiger partial charge in [-0.15, -0.1) is 0 Å². The molecule has 0 atom stereocenters. The average molecular weight is 516 g/mol. The topological polar surface area (TPSA) is 84.5 Å². The summed E-state index contributed by atoms with van der Waals surface area (Å²) in [5.74, 6) is -0.173. The summed E-state index contributed by atoms with van der Waals surface area (Å²) in [4.78, 5) is 28.7. The van der Waals surface area contributed by atoms with Crippen molar-refractivity contribution in [1.29, 1.82) is 0 Å². The highest BCUT2D eigenvalue weighted by Gasteiger charge is 2.27. The number of aromatic nitrogens is 2. The van der Waals surface area contributed by atoms with Crippen molar-refractivity contribution < 1.29 is 9.72 Å². The summed E-state index contributed by atoms with van der Waals surface area (Å²) in [7, 11) is 0. The van der Waals surface area contributed by atoms with Crippen LogP contribution in [0.4, 0.5) is 11.4 Å². The molecule has 1 aliphatic heterocycles. The summed E-state index contributed by atoms with van der Waals surface area (Å²) >= 11 is 6.38. The lowest BCUT2D eigenvalue weighted by Gasteiger charge is -2.36. The van der Waals surface area contributed by atoms with Crippen LogP contribution in [-0.2, 0) is 0 Å². The number of para-hydroxylation sites is 1. The number of nitro benzene ring substituents is 1. The number of anilines is 1. The lowest BCUT2D eigenvalue weighted by molar-refractivity contribution is -0.384. The standard InChI is InChI=1S/C28H26ClN5O3/c1-19-10-11-21(16-20(19)2)25-18-27(33(30-25)22-6-5-7-23(17-22)34(36)37)28(35)32-14-12-31(13-15-32)26-9-4-3-8-24(26)29/h3-11,16-18H,12-15H2,1-2H3. The number of piperazine rings is 1. The molecule has 4 aromatic rings. The van der Waals surface area contributed by atoms with E-state index >= 15 is 0 Å². The molecule has 1 amide bonds. The van der Waals surface area contributed by atoms with Crippen LogP contribution in [0.1, 0.15) is 21.6 Å². The predicted octanol–water partition coefficient (Wildman–Crippen LogP) is 5.68. The van der Waals surface area contributed by atoms with Gasteiger partial charge in [0.2, 0.25) is 0 Å². The van der Waals surface area contributed by atoms with E-state index in [0.717, 1.165) is 22.4 Å². The van der Waals surface area contributed by atoms with Gasteiger partial charge in [0.1, 0.15) is 5.69 Å². The highest BCUT2D eigenvalue weighted by molar-refractivity contribution is 6.33. The molecule has 1 fully saturated rings. The summed E-state index contributed by atoms with van der Waals surface area (Å²) in [6.45, 7) is 6.39. The van der Waals surface area contributed by atoms with Gasteiger partial charge in [-0.25, -0.2) is 4.68 Å². The van der Waals surface area contributed by atoms with Gasteiger partial charge in [-0.1, -0.05) is 41.9 Å². The molecular formula is C28H26ClN5O3. The molecule has 9 heteroatoms. The number of carbonyl (C=O) groups is 1. The van der Waals surface area contributed by atoms with Crippen LogP contribution in [0.3, 0.4) is 0 Å². The summed E-state index contributed by atoms with van der Waals surface area (Å²) in [5.41, 5.74) is 5.50. The third-order valence-corrected chi connectivity index (χ3v) is 7.10. The minimum absolute atomic E-state index is 0.0625. The Balaban J connectivity index is 1.48. The van der Waals surface area contributed by atoms with E-state index in [1.807, 2.05) is 56.3 Å². The Kier molecular flexibility index (Phi) is 6.67. The van der Waals surface area contributed by atoms with Crippen molar-refractivity contribution in [2.75, 3.05) is 31.1 Å². The number of nitrogens with zero attached hydrogens (tertiary/aromatic N) is 5. The van der Waals surface area contributed by atoms with E-state index in [-0.39, 0.29) is 11.6 Å². The minimum atomic E-state index is -0.452. The number of benzene rings is 3. The highest BCUT2D eigenvalue weighted by Crippen LogP contribution is 2.28. The second-order valence-electron chi connectivity index (χ2n) is 9.13. The maximum absolute atomic E-state index is 13.8. The molecule has 0 radical (unpaired) electrons. The molecule has 0 saturated carbocycles. The van der Waals surface area contributed by atoms with Crippen molar-refractivity contribution in [2.45, 2.75) is 13.8 Å². The van der Waals surface area contributed by atoms with Crippen molar-refractivity contribution in [3.8, 4) is 16.9 Å². The second-order valence-corrected chi connectivity index (χ2v) is 9.54. The Labute approximate surface area is 219 Å². The third kappa shape index (κ3) is 4.93.